The molecule has 1 atom stereocenters. The molecule has 0 spiro atoms. The van der Waals surface area contributed by atoms with Gasteiger partial charge in [-0.3, -0.25) is 4.79 Å². The van der Waals surface area contributed by atoms with Gasteiger partial charge in [-0.25, -0.2) is 0 Å². The molecule has 2 fully saturated rings. The zero-order valence-electron chi connectivity index (χ0n) is 10.1. The molecule has 1 amide bonds. The maximum Gasteiger partial charge on any atom is 0.239 e. The Bertz CT molecular complexity index is 245. The third-order valence-corrected chi connectivity index (χ3v) is 3.70. The van der Waals surface area contributed by atoms with Crippen LogP contribution in [0.1, 0.15) is 39.0 Å². The molecule has 0 bridgehead atoms. The normalized spacial score (nSPS) is 32.0. The number of nitrogens with two attached hydrogens (primary N) is 1. The van der Waals surface area contributed by atoms with Crippen molar-refractivity contribution >= 4 is 5.91 Å². The number of likely N-dealkylation sites (tertiary alicyclic amines) is 1. The monoisotopic (exact) mass is 225 g/mol. The fourth-order valence-electron chi connectivity index (χ4n) is 2.61. The van der Waals surface area contributed by atoms with E-state index in [9.17, 15) is 4.79 Å². The first kappa shape index (κ1) is 11.9. The van der Waals surface area contributed by atoms with Crippen LogP contribution >= 0.6 is 0 Å². The van der Waals surface area contributed by atoms with Crippen LogP contribution in [0.25, 0.3) is 0 Å². The minimum Gasteiger partial charge on any atom is -0.341 e. The third-order valence-electron chi connectivity index (χ3n) is 3.70. The van der Waals surface area contributed by atoms with Crippen molar-refractivity contribution in [2.75, 3.05) is 13.1 Å². The van der Waals surface area contributed by atoms with Gasteiger partial charge in [0.1, 0.15) is 0 Å². The highest BCUT2D eigenvalue weighted by molar-refractivity contribution is 5.81. The van der Waals surface area contributed by atoms with Gasteiger partial charge in [-0.15, -0.1) is 0 Å². The molecule has 1 saturated carbocycles. The topological polar surface area (TPSA) is 58.4 Å². The Labute approximate surface area is 97.6 Å². The van der Waals surface area contributed by atoms with Crippen LogP contribution in [0, 0.1) is 0 Å². The molecule has 3 N–H and O–H groups in total. The van der Waals surface area contributed by atoms with Crippen molar-refractivity contribution in [1.29, 1.82) is 0 Å². The SMILES string of the molecule is CC(NC1CC(N)C1)C(=O)N1CCCCC1. The lowest BCUT2D eigenvalue weighted by molar-refractivity contribution is -0.134. The van der Waals surface area contributed by atoms with E-state index in [0.29, 0.717) is 12.1 Å². The smallest absolute Gasteiger partial charge is 0.239 e. The lowest BCUT2D eigenvalue weighted by atomic mass is 9.87. The fourth-order valence-corrected chi connectivity index (χ4v) is 2.61. The standard InChI is InChI=1S/C12H23N3O/c1-9(14-11-7-10(13)8-11)12(16)15-5-3-2-4-6-15/h9-11,14H,2-8,13H2,1H3. The zero-order valence-corrected chi connectivity index (χ0v) is 10.1. The quantitative estimate of drug-likeness (QED) is 0.734. The van der Waals surface area contributed by atoms with Crippen molar-refractivity contribution in [3.8, 4) is 0 Å². The summed E-state index contributed by atoms with van der Waals surface area (Å²) in [7, 11) is 0. The van der Waals surface area contributed by atoms with Gasteiger partial charge in [-0.2, -0.15) is 0 Å². The maximum absolute atomic E-state index is 12.1. The summed E-state index contributed by atoms with van der Waals surface area (Å²) in [6.45, 7) is 3.85. The first-order valence-electron chi connectivity index (χ1n) is 6.47. The van der Waals surface area contributed by atoms with Gasteiger partial charge in [0.15, 0.2) is 0 Å². The molecular formula is C12H23N3O. The first-order chi connectivity index (χ1) is 7.66. The minimum atomic E-state index is -0.0457. The van der Waals surface area contributed by atoms with Crippen LogP contribution in [0.4, 0.5) is 0 Å². The van der Waals surface area contributed by atoms with E-state index in [0.717, 1.165) is 38.8 Å². The van der Waals surface area contributed by atoms with E-state index in [4.69, 9.17) is 5.73 Å². The number of piperidine rings is 1. The summed E-state index contributed by atoms with van der Waals surface area (Å²) in [6.07, 6.45) is 5.61. The number of nitrogens with zero attached hydrogens (tertiary/aromatic N) is 1. The molecule has 4 nitrogen and oxygen atoms in total. The third kappa shape index (κ3) is 2.74. The van der Waals surface area contributed by atoms with Gasteiger partial charge in [-0.05, 0) is 39.0 Å². The highest BCUT2D eigenvalue weighted by Crippen LogP contribution is 2.18. The summed E-state index contributed by atoms with van der Waals surface area (Å²) in [5.74, 6) is 0.264. The Kier molecular flexibility index (Phi) is 3.82. The van der Waals surface area contributed by atoms with Gasteiger partial charge in [0.25, 0.3) is 0 Å². The number of carbonyl (C=O) groups is 1. The molecule has 2 rings (SSSR count). The van der Waals surface area contributed by atoms with Crippen molar-refractivity contribution in [2.45, 2.75) is 57.2 Å². The zero-order chi connectivity index (χ0) is 11.5. The van der Waals surface area contributed by atoms with E-state index in [2.05, 4.69) is 5.32 Å². The van der Waals surface area contributed by atoms with Crippen LogP contribution < -0.4 is 11.1 Å². The molecule has 1 heterocycles. The molecule has 0 aromatic carbocycles. The van der Waals surface area contributed by atoms with E-state index < -0.39 is 0 Å². The lowest BCUT2D eigenvalue weighted by Gasteiger charge is -2.37. The summed E-state index contributed by atoms with van der Waals surface area (Å²) in [4.78, 5) is 14.1. The maximum atomic E-state index is 12.1. The Morgan fingerprint density at radius 3 is 2.50 bits per heavy atom. The number of nitrogens with one attached hydrogen (secondary N) is 1. The second-order valence-electron chi connectivity index (χ2n) is 5.20. The van der Waals surface area contributed by atoms with Gasteiger partial charge in [0.05, 0.1) is 6.04 Å². The van der Waals surface area contributed by atoms with Crippen molar-refractivity contribution in [3.63, 3.8) is 0 Å². The summed E-state index contributed by atoms with van der Waals surface area (Å²) in [6, 6.07) is 0.754. The lowest BCUT2D eigenvalue weighted by Crippen LogP contribution is -2.55. The van der Waals surface area contributed by atoms with E-state index >= 15 is 0 Å². The van der Waals surface area contributed by atoms with Gasteiger partial charge >= 0.3 is 0 Å². The van der Waals surface area contributed by atoms with Crippen LogP contribution in [0.5, 0.6) is 0 Å². The average molecular weight is 225 g/mol. The Hall–Kier alpha value is -0.610. The van der Waals surface area contributed by atoms with Crippen molar-refractivity contribution in [1.82, 2.24) is 10.2 Å². The number of hydrogen-bond acceptors (Lipinski definition) is 3. The second kappa shape index (κ2) is 5.15. The van der Waals surface area contributed by atoms with Crippen molar-refractivity contribution in [3.05, 3.63) is 0 Å². The molecule has 0 aromatic rings. The number of rotatable bonds is 3. The van der Waals surface area contributed by atoms with Gasteiger partial charge in [0.2, 0.25) is 5.91 Å². The van der Waals surface area contributed by atoms with E-state index in [1.54, 1.807) is 0 Å². The molecule has 4 heteroatoms. The molecule has 16 heavy (non-hydrogen) atoms. The summed E-state index contributed by atoms with van der Waals surface area (Å²) in [5.41, 5.74) is 5.73. The fraction of sp³-hybridized carbons (Fsp3) is 0.917. The van der Waals surface area contributed by atoms with Gasteiger partial charge in [0, 0.05) is 25.2 Å². The number of carbonyl (C=O) groups excluding carboxylic acids is 1. The Morgan fingerprint density at radius 1 is 1.31 bits per heavy atom. The first-order valence-corrected chi connectivity index (χ1v) is 6.47. The van der Waals surface area contributed by atoms with E-state index in [1.165, 1.54) is 6.42 Å². The highest BCUT2D eigenvalue weighted by atomic mass is 16.2. The second-order valence-corrected chi connectivity index (χ2v) is 5.20. The Morgan fingerprint density at radius 2 is 1.94 bits per heavy atom. The van der Waals surface area contributed by atoms with Crippen molar-refractivity contribution in [2.24, 2.45) is 5.73 Å². The molecular weight excluding hydrogens is 202 g/mol. The van der Waals surface area contributed by atoms with Crippen LogP contribution in [0.15, 0.2) is 0 Å². The average Bonchev–Trinajstić information content (AvgIpc) is 2.27. The van der Waals surface area contributed by atoms with E-state index in [-0.39, 0.29) is 11.9 Å². The Balaban J connectivity index is 1.74. The molecule has 1 aliphatic heterocycles. The molecule has 92 valence electrons. The minimum absolute atomic E-state index is 0.0457. The largest absolute Gasteiger partial charge is 0.341 e. The van der Waals surface area contributed by atoms with Gasteiger partial charge < -0.3 is 16.0 Å². The summed E-state index contributed by atoms with van der Waals surface area (Å²) < 4.78 is 0. The van der Waals surface area contributed by atoms with Crippen molar-refractivity contribution < 1.29 is 4.79 Å². The van der Waals surface area contributed by atoms with Crippen LogP contribution in [0.3, 0.4) is 0 Å². The van der Waals surface area contributed by atoms with E-state index in [1.807, 2.05) is 11.8 Å². The number of hydrogen-bond donors (Lipinski definition) is 2. The number of amides is 1. The molecule has 0 aromatic heterocycles. The van der Waals surface area contributed by atoms with Crippen LogP contribution in [-0.2, 0) is 4.79 Å². The molecule has 1 unspecified atom stereocenters. The predicted molar refractivity (Wildman–Crippen MR) is 64.0 cm³/mol. The highest BCUT2D eigenvalue weighted by Gasteiger charge is 2.30. The summed E-state index contributed by atoms with van der Waals surface area (Å²) >= 11 is 0. The molecule has 1 aliphatic carbocycles. The van der Waals surface area contributed by atoms with Gasteiger partial charge in [-0.1, -0.05) is 0 Å². The predicted octanol–water partition coefficient (Wildman–Crippen LogP) is 0.467. The molecule has 0 radical (unpaired) electrons. The molecule has 1 saturated heterocycles. The summed E-state index contributed by atoms with van der Waals surface area (Å²) in [5, 5.41) is 3.37. The van der Waals surface area contributed by atoms with Crippen LogP contribution in [-0.4, -0.2) is 42.0 Å². The molecule has 2 aliphatic rings. The van der Waals surface area contributed by atoms with Crippen LogP contribution in [0.2, 0.25) is 0 Å².